The number of anilines is 1. The number of carboxylic acid groups (broad SMARTS) is 2. The highest BCUT2D eigenvalue weighted by molar-refractivity contribution is 6.42. The molecular weight excluding hydrogens is 671 g/mol. The maximum Gasteiger partial charge on any atom is 0.411 e. The predicted octanol–water partition coefficient (Wildman–Crippen LogP) is 6.74. The largest absolute Gasteiger partial charge is 0.478 e. The van der Waals surface area contributed by atoms with Crippen molar-refractivity contribution in [2.75, 3.05) is 39.1 Å². The molecule has 0 saturated heterocycles. The second-order valence-corrected chi connectivity index (χ2v) is 12.1. The van der Waals surface area contributed by atoms with Crippen LogP contribution >= 0.6 is 23.2 Å². The Morgan fingerprint density at radius 2 is 1.65 bits per heavy atom. The van der Waals surface area contributed by atoms with E-state index in [0.29, 0.717) is 40.9 Å². The summed E-state index contributed by atoms with van der Waals surface area (Å²) in [5.41, 5.74) is 5.27. The van der Waals surface area contributed by atoms with Gasteiger partial charge in [-0.3, -0.25) is 20.0 Å². The van der Waals surface area contributed by atoms with E-state index in [1.807, 2.05) is 79.8 Å². The lowest BCUT2D eigenvalue weighted by molar-refractivity contribution is -0.134. The molecule has 0 bridgehead atoms. The number of benzene rings is 3. The first-order valence-electron chi connectivity index (χ1n) is 15.3. The van der Waals surface area contributed by atoms with Crippen molar-refractivity contribution in [3.05, 3.63) is 117 Å². The maximum absolute atomic E-state index is 13.1. The number of para-hydroxylation sites is 1. The van der Waals surface area contributed by atoms with Crippen molar-refractivity contribution >= 4 is 63.7 Å². The average Bonchev–Trinajstić information content (AvgIpc) is 3.10. The van der Waals surface area contributed by atoms with E-state index in [4.69, 9.17) is 43.1 Å². The summed E-state index contributed by atoms with van der Waals surface area (Å²) in [6, 6.07) is 22.8. The molecule has 3 aromatic carbocycles. The van der Waals surface area contributed by atoms with Gasteiger partial charge < -0.3 is 19.8 Å². The molecule has 2 amide bonds. The van der Waals surface area contributed by atoms with Crippen molar-refractivity contribution in [1.82, 2.24) is 14.8 Å². The number of nitrogens with zero attached hydrogens (tertiary/aromatic N) is 3. The summed E-state index contributed by atoms with van der Waals surface area (Å²) in [6.45, 7) is 2.78. The first kappa shape index (κ1) is 36.9. The lowest BCUT2D eigenvalue weighted by atomic mass is 9.93. The maximum atomic E-state index is 13.1. The van der Waals surface area contributed by atoms with Crippen molar-refractivity contribution in [3.63, 3.8) is 0 Å². The van der Waals surface area contributed by atoms with E-state index in [0.717, 1.165) is 59.3 Å². The van der Waals surface area contributed by atoms with E-state index >= 15 is 0 Å². The molecule has 2 heterocycles. The van der Waals surface area contributed by atoms with Crippen LogP contribution in [0.15, 0.2) is 84.9 Å². The number of rotatable bonds is 10. The fraction of sp³-hybridized carbons (Fsp3) is 0.250. The number of carbonyl (C=O) groups is 4. The van der Waals surface area contributed by atoms with Gasteiger partial charge in [-0.2, -0.15) is 0 Å². The number of halogens is 2. The van der Waals surface area contributed by atoms with Gasteiger partial charge in [0.25, 0.3) is 5.91 Å². The fourth-order valence-electron chi connectivity index (χ4n) is 5.56. The van der Waals surface area contributed by atoms with Crippen LogP contribution in [0.2, 0.25) is 10.0 Å². The third-order valence-electron chi connectivity index (χ3n) is 7.98. The Bertz CT molecular complexity index is 1840. The molecule has 0 spiro atoms. The Morgan fingerprint density at radius 3 is 2.31 bits per heavy atom. The van der Waals surface area contributed by atoms with Crippen LogP contribution in [0.1, 0.15) is 39.5 Å². The smallest absolute Gasteiger partial charge is 0.411 e. The molecule has 49 heavy (non-hydrogen) atoms. The summed E-state index contributed by atoms with van der Waals surface area (Å²) in [5.74, 6) is -2.51. The SMILES string of the molecule is COC(=O)Nc1c2c(nc3ccccc13)CCN(CCC(CN(C)C(=O)c1ccccc1)c1ccc(Cl)c(Cl)c1)C2.O=C(O)/C=C/C(=O)O. The van der Waals surface area contributed by atoms with E-state index in [9.17, 15) is 19.2 Å². The van der Waals surface area contributed by atoms with Crippen molar-refractivity contribution in [1.29, 1.82) is 0 Å². The molecule has 5 rings (SSSR count). The number of likely N-dealkylation sites (N-methyl/N-ethyl adjacent to an activating group) is 1. The van der Waals surface area contributed by atoms with E-state index in [2.05, 4.69) is 10.2 Å². The number of fused-ring (bicyclic) bond motifs is 2. The Hall–Kier alpha value is -4.97. The summed E-state index contributed by atoms with van der Waals surface area (Å²) in [6.07, 6.45) is 2.16. The Morgan fingerprint density at radius 1 is 0.980 bits per heavy atom. The number of amides is 2. The summed E-state index contributed by atoms with van der Waals surface area (Å²) in [4.78, 5) is 53.5. The van der Waals surface area contributed by atoms with Gasteiger partial charge in [0.15, 0.2) is 0 Å². The number of pyridine rings is 1. The molecule has 1 aliphatic rings. The number of aromatic nitrogens is 1. The minimum Gasteiger partial charge on any atom is -0.478 e. The molecule has 0 aliphatic carbocycles. The Labute approximate surface area is 293 Å². The zero-order valence-electron chi connectivity index (χ0n) is 26.9. The highest BCUT2D eigenvalue weighted by atomic mass is 35.5. The molecule has 1 aliphatic heterocycles. The molecule has 0 fully saturated rings. The van der Waals surface area contributed by atoms with Crippen LogP contribution in [0.4, 0.5) is 10.5 Å². The first-order chi connectivity index (χ1) is 23.5. The quantitative estimate of drug-likeness (QED) is 0.153. The minimum atomic E-state index is -1.26. The highest BCUT2D eigenvalue weighted by Crippen LogP contribution is 2.34. The van der Waals surface area contributed by atoms with Gasteiger partial charge in [0.05, 0.1) is 28.4 Å². The second kappa shape index (κ2) is 17.4. The van der Waals surface area contributed by atoms with Crippen molar-refractivity contribution in [2.24, 2.45) is 0 Å². The van der Waals surface area contributed by atoms with Gasteiger partial charge in [-0.25, -0.2) is 14.4 Å². The van der Waals surface area contributed by atoms with Crippen molar-refractivity contribution in [3.8, 4) is 0 Å². The number of hydrogen-bond donors (Lipinski definition) is 3. The fourth-order valence-corrected chi connectivity index (χ4v) is 5.86. The van der Waals surface area contributed by atoms with Crippen LogP contribution in [-0.4, -0.2) is 82.7 Å². The van der Waals surface area contributed by atoms with E-state index in [-0.39, 0.29) is 11.8 Å². The van der Waals surface area contributed by atoms with Gasteiger partial charge in [-0.1, -0.05) is 65.7 Å². The standard InChI is InChI=1S/C32H32Cl2N4O3.C4H4O4/c1-37(31(39)21-8-4-3-5-9-21)19-23(22-12-13-26(33)27(34)18-22)14-16-38-17-15-29-25(20-38)30(36-32(40)41-2)24-10-6-7-11-28(24)35-29;5-3(6)1-2-4(7)8/h3-13,18,23H,14-17,19-20H2,1-2H3,(H,35,36,40);1-2H,(H,5,6)(H,7,8)/b;2-1+. The molecule has 1 atom stereocenters. The Kier molecular flexibility index (Phi) is 13.1. The average molecular weight is 708 g/mol. The predicted molar refractivity (Wildman–Crippen MR) is 188 cm³/mol. The number of hydrogen-bond acceptors (Lipinski definition) is 7. The zero-order chi connectivity index (χ0) is 35.5. The van der Waals surface area contributed by atoms with E-state index in [1.54, 1.807) is 4.90 Å². The van der Waals surface area contributed by atoms with Gasteiger partial charge in [-0.15, -0.1) is 0 Å². The van der Waals surface area contributed by atoms with Crippen LogP contribution in [0.25, 0.3) is 10.9 Å². The van der Waals surface area contributed by atoms with Gasteiger partial charge in [0, 0.05) is 73.4 Å². The number of methoxy groups -OCH3 is 1. The molecule has 13 heteroatoms. The van der Waals surface area contributed by atoms with Crippen molar-refractivity contribution < 1.29 is 34.1 Å². The molecule has 1 aromatic heterocycles. The van der Waals surface area contributed by atoms with Gasteiger partial charge in [-0.05, 0) is 48.9 Å². The van der Waals surface area contributed by atoms with Crippen LogP contribution in [0.5, 0.6) is 0 Å². The Balaban J connectivity index is 0.000000603. The lowest BCUT2D eigenvalue weighted by Crippen LogP contribution is -2.35. The van der Waals surface area contributed by atoms with Gasteiger partial charge >= 0.3 is 18.0 Å². The van der Waals surface area contributed by atoms with Crippen LogP contribution in [-0.2, 0) is 27.3 Å². The number of carboxylic acids is 2. The summed E-state index contributed by atoms with van der Waals surface area (Å²) in [7, 11) is 3.19. The second-order valence-electron chi connectivity index (χ2n) is 11.3. The summed E-state index contributed by atoms with van der Waals surface area (Å²) < 4.78 is 4.92. The molecule has 1 unspecified atom stereocenters. The van der Waals surface area contributed by atoms with Crippen LogP contribution in [0.3, 0.4) is 0 Å². The third-order valence-corrected chi connectivity index (χ3v) is 8.72. The van der Waals surface area contributed by atoms with Gasteiger partial charge in [0.2, 0.25) is 0 Å². The molecule has 256 valence electrons. The van der Waals surface area contributed by atoms with Crippen molar-refractivity contribution in [2.45, 2.75) is 25.3 Å². The summed E-state index contributed by atoms with van der Waals surface area (Å²) >= 11 is 12.6. The molecule has 0 saturated carbocycles. The third kappa shape index (κ3) is 10.3. The minimum absolute atomic E-state index is 0.0287. The summed E-state index contributed by atoms with van der Waals surface area (Å²) in [5, 5.41) is 20.4. The normalized spacial score (nSPS) is 13.1. The molecular formula is C36H36Cl2N4O7. The van der Waals surface area contributed by atoms with E-state index in [1.165, 1.54) is 7.11 Å². The van der Waals surface area contributed by atoms with Gasteiger partial charge in [0.1, 0.15) is 0 Å². The molecule has 0 radical (unpaired) electrons. The monoisotopic (exact) mass is 706 g/mol. The number of carbonyl (C=O) groups excluding carboxylic acids is 2. The van der Waals surface area contributed by atoms with E-state index < -0.39 is 18.0 Å². The number of nitrogens with one attached hydrogen (secondary N) is 1. The first-order valence-corrected chi connectivity index (χ1v) is 16.1. The number of ether oxygens (including phenoxy) is 1. The topological polar surface area (TPSA) is 149 Å². The molecule has 4 aromatic rings. The van der Waals surface area contributed by atoms with Crippen LogP contribution < -0.4 is 5.32 Å². The lowest BCUT2D eigenvalue weighted by Gasteiger charge is -2.32. The zero-order valence-corrected chi connectivity index (χ0v) is 28.4. The molecule has 3 N–H and O–H groups in total. The highest BCUT2D eigenvalue weighted by Gasteiger charge is 2.26. The molecule has 11 nitrogen and oxygen atoms in total. The van der Waals surface area contributed by atoms with Crippen LogP contribution in [0, 0.1) is 0 Å². The number of aliphatic carboxylic acids is 2.